The molecule has 1 aromatic heterocycles. The van der Waals surface area contributed by atoms with Crippen LogP contribution in [-0.2, 0) is 17.6 Å². The first-order chi connectivity index (χ1) is 15.4. The Bertz CT molecular complexity index is 1110. The Labute approximate surface area is 188 Å². The number of benzene rings is 1. The van der Waals surface area contributed by atoms with Gasteiger partial charge in [-0.3, -0.25) is 4.79 Å². The largest absolute Gasteiger partial charge is 0.480 e. The second-order valence-corrected chi connectivity index (χ2v) is 9.96. The molecule has 3 aliphatic rings. The Kier molecular flexibility index (Phi) is 5.52. The molecule has 1 N–H and O–H groups in total. The van der Waals surface area contributed by atoms with Crippen molar-refractivity contribution in [2.24, 2.45) is 5.92 Å². The number of nitrogens with zero attached hydrogens (tertiary/aromatic N) is 1. The molecule has 3 atom stereocenters. The van der Waals surface area contributed by atoms with Gasteiger partial charge in [-0.1, -0.05) is 12.8 Å². The van der Waals surface area contributed by atoms with Crippen LogP contribution in [0.3, 0.4) is 0 Å². The van der Waals surface area contributed by atoms with Gasteiger partial charge in [-0.25, -0.2) is 4.79 Å². The van der Waals surface area contributed by atoms with Gasteiger partial charge in [-0.05, 0) is 76.5 Å². The van der Waals surface area contributed by atoms with E-state index in [0.29, 0.717) is 30.8 Å². The lowest BCUT2D eigenvalue weighted by molar-refractivity contribution is -0.149. The number of hydrogen-bond acceptors (Lipinski definition) is 5. The van der Waals surface area contributed by atoms with Crippen LogP contribution in [0.5, 0.6) is 5.75 Å². The van der Waals surface area contributed by atoms with Crippen molar-refractivity contribution in [1.29, 1.82) is 0 Å². The summed E-state index contributed by atoms with van der Waals surface area (Å²) in [5.74, 6) is 0.677. The third-order valence-electron chi connectivity index (χ3n) is 7.98. The second-order valence-electron chi connectivity index (χ2n) is 9.96. The van der Waals surface area contributed by atoms with Gasteiger partial charge < -0.3 is 19.2 Å². The predicted molar refractivity (Wildman–Crippen MR) is 122 cm³/mol. The summed E-state index contributed by atoms with van der Waals surface area (Å²) in [4.78, 5) is 27.5. The molecule has 1 amide bonds. The van der Waals surface area contributed by atoms with Crippen molar-refractivity contribution in [3.8, 4) is 5.75 Å². The minimum Gasteiger partial charge on any atom is -0.480 e. The molecule has 1 aliphatic heterocycles. The van der Waals surface area contributed by atoms with Crippen LogP contribution >= 0.6 is 0 Å². The predicted octanol–water partition coefficient (Wildman–Crippen LogP) is 3.90. The molecule has 1 aromatic carbocycles. The van der Waals surface area contributed by atoms with E-state index in [1.165, 1.54) is 0 Å². The van der Waals surface area contributed by atoms with E-state index < -0.39 is 11.7 Å². The lowest BCUT2D eigenvalue weighted by atomic mass is 9.71. The number of carbonyl (C=O) groups is 1. The summed E-state index contributed by atoms with van der Waals surface area (Å²) in [6, 6.07) is 3.86. The average Bonchev–Trinajstić information content (AvgIpc) is 2.80. The van der Waals surface area contributed by atoms with E-state index in [4.69, 9.17) is 9.15 Å². The highest BCUT2D eigenvalue weighted by Gasteiger charge is 2.44. The van der Waals surface area contributed by atoms with Crippen molar-refractivity contribution < 1.29 is 19.1 Å². The Morgan fingerprint density at radius 1 is 1.19 bits per heavy atom. The summed E-state index contributed by atoms with van der Waals surface area (Å²) >= 11 is 0. The second kappa shape index (κ2) is 8.22. The first kappa shape index (κ1) is 21.5. The van der Waals surface area contributed by atoms with E-state index in [-0.39, 0.29) is 17.5 Å². The molecule has 0 unspecified atom stereocenters. The van der Waals surface area contributed by atoms with Crippen molar-refractivity contribution in [2.75, 3.05) is 13.1 Å². The summed E-state index contributed by atoms with van der Waals surface area (Å²) in [6.07, 6.45) is 7.79. The van der Waals surface area contributed by atoms with E-state index in [9.17, 15) is 14.7 Å². The van der Waals surface area contributed by atoms with Gasteiger partial charge in [-0.2, -0.15) is 0 Å². The maximum atomic E-state index is 13.1. The van der Waals surface area contributed by atoms with E-state index in [2.05, 4.69) is 0 Å². The molecular formula is C26H33NO5. The Hall–Kier alpha value is -2.34. The lowest BCUT2D eigenvalue weighted by Crippen LogP contribution is -2.56. The average molecular weight is 440 g/mol. The summed E-state index contributed by atoms with van der Waals surface area (Å²) < 4.78 is 11.8. The van der Waals surface area contributed by atoms with Crippen LogP contribution in [0.1, 0.15) is 68.6 Å². The molecule has 172 valence electrons. The minimum absolute atomic E-state index is 0.0518. The van der Waals surface area contributed by atoms with Crippen LogP contribution < -0.4 is 10.4 Å². The fraction of sp³-hybridized carbons (Fsp3) is 0.615. The molecule has 6 heteroatoms. The zero-order chi connectivity index (χ0) is 22.5. The summed E-state index contributed by atoms with van der Waals surface area (Å²) in [7, 11) is 0. The number of aliphatic hydroxyl groups is 1. The SMILES string of the molecule is Cc1c(O[C@H](C)C(=O)N2CC[C@@]3(O)CCCC[C@@H]3C2)ccc2c3c(c(=O)oc12)CCCC3. The number of rotatable bonds is 3. The van der Waals surface area contributed by atoms with Gasteiger partial charge in [0.25, 0.3) is 5.91 Å². The molecule has 2 aromatic rings. The Morgan fingerprint density at radius 2 is 1.97 bits per heavy atom. The standard InChI is InChI=1S/C26H33NO5/c1-16-22(11-10-20-19-8-3-4-9-21(19)25(29)32-23(16)20)31-17(2)24(28)27-14-13-26(30)12-6-5-7-18(26)15-27/h10-11,17-18,30H,3-9,12-15H2,1-2H3/t17-,18-,26+/m1/s1. The summed E-state index contributed by atoms with van der Waals surface area (Å²) in [5.41, 5.74) is 2.39. The number of hydrogen-bond donors (Lipinski definition) is 1. The maximum Gasteiger partial charge on any atom is 0.339 e. The highest BCUT2D eigenvalue weighted by atomic mass is 16.5. The topological polar surface area (TPSA) is 80.0 Å². The van der Waals surface area contributed by atoms with E-state index in [0.717, 1.165) is 73.4 Å². The first-order valence-electron chi connectivity index (χ1n) is 12.1. The molecule has 5 rings (SSSR count). The molecular weight excluding hydrogens is 406 g/mol. The number of aryl methyl sites for hydroxylation is 2. The molecule has 0 bridgehead atoms. The lowest BCUT2D eigenvalue weighted by Gasteiger charge is -2.47. The molecule has 32 heavy (non-hydrogen) atoms. The van der Waals surface area contributed by atoms with Gasteiger partial charge in [0.2, 0.25) is 0 Å². The fourth-order valence-electron chi connectivity index (χ4n) is 6.02. The van der Waals surface area contributed by atoms with Gasteiger partial charge in [0.1, 0.15) is 11.3 Å². The molecule has 1 saturated carbocycles. The minimum atomic E-state index is -0.648. The van der Waals surface area contributed by atoms with Crippen LogP contribution in [0.2, 0.25) is 0 Å². The van der Waals surface area contributed by atoms with Crippen LogP contribution in [0.15, 0.2) is 21.3 Å². The highest BCUT2D eigenvalue weighted by Crippen LogP contribution is 2.40. The van der Waals surface area contributed by atoms with Crippen molar-refractivity contribution in [3.63, 3.8) is 0 Å². The molecule has 6 nitrogen and oxygen atoms in total. The number of carbonyl (C=O) groups excluding carboxylic acids is 1. The maximum absolute atomic E-state index is 13.1. The fourth-order valence-corrected chi connectivity index (χ4v) is 6.02. The normalized spacial score (nSPS) is 26.3. The van der Waals surface area contributed by atoms with Gasteiger partial charge in [0.05, 0.1) is 5.60 Å². The number of fused-ring (bicyclic) bond motifs is 4. The van der Waals surface area contributed by atoms with Crippen molar-refractivity contribution >= 4 is 16.9 Å². The first-order valence-corrected chi connectivity index (χ1v) is 12.1. The monoisotopic (exact) mass is 439 g/mol. The van der Waals surface area contributed by atoms with Crippen molar-refractivity contribution in [1.82, 2.24) is 4.90 Å². The quantitative estimate of drug-likeness (QED) is 0.734. The van der Waals surface area contributed by atoms with E-state index in [1.54, 1.807) is 6.92 Å². The van der Waals surface area contributed by atoms with Crippen LogP contribution in [0, 0.1) is 12.8 Å². The van der Waals surface area contributed by atoms with Gasteiger partial charge in [-0.15, -0.1) is 0 Å². The number of amides is 1. The zero-order valence-corrected chi connectivity index (χ0v) is 19.1. The van der Waals surface area contributed by atoms with Crippen LogP contribution in [0.25, 0.3) is 11.0 Å². The Balaban J connectivity index is 1.35. The third kappa shape index (κ3) is 3.62. The third-order valence-corrected chi connectivity index (χ3v) is 7.98. The van der Waals surface area contributed by atoms with Crippen LogP contribution in [-0.4, -0.2) is 40.7 Å². The number of likely N-dealkylation sites (tertiary alicyclic amines) is 1. The number of piperidine rings is 1. The smallest absolute Gasteiger partial charge is 0.339 e. The van der Waals surface area contributed by atoms with Gasteiger partial charge >= 0.3 is 5.63 Å². The summed E-state index contributed by atoms with van der Waals surface area (Å²) in [6.45, 7) is 4.82. The van der Waals surface area contributed by atoms with Gasteiger partial charge in [0.15, 0.2) is 6.10 Å². The zero-order valence-electron chi connectivity index (χ0n) is 19.1. The molecule has 2 fully saturated rings. The molecule has 1 saturated heterocycles. The highest BCUT2D eigenvalue weighted by molar-refractivity contribution is 5.86. The van der Waals surface area contributed by atoms with E-state index in [1.807, 2.05) is 24.0 Å². The Morgan fingerprint density at radius 3 is 2.78 bits per heavy atom. The summed E-state index contributed by atoms with van der Waals surface area (Å²) in [5, 5.41) is 11.9. The molecule has 2 heterocycles. The van der Waals surface area contributed by atoms with Crippen LogP contribution in [0.4, 0.5) is 0 Å². The molecule has 0 radical (unpaired) electrons. The van der Waals surface area contributed by atoms with Crippen molar-refractivity contribution in [3.05, 3.63) is 39.2 Å². The van der Waals surface area contributed by atoms with Crippen molar-refractivity contribution in [2.45, 2.75) is 83.3 Å². The molecule has 0 spiro atoms. The number of ether oxygens (including phenoxy) is 1. The van der Waals surface area contributed by atoms with Gasteiger partial charge in [0, 0.05) is 35.5 Å². The van der Waals surface area contributed by atoms with E-state index >= 15 is 0 Å². The molecule has 2 aliphatic carbocycles.